The van der Waals surface area contributed by atoms with E-state index in [1.165, 1.54) is 100 Å². The summed E-state index contributed by atoms with van der Waals surface area (Å²) in [6.07, 6.45) is 0. The minimum atomic E-state index is -0.583. The Morgan fingerprint density at radius 3 is 1.25 bits per heavy atom. The summed E-state index contributed by atoms with van der Waals surface area (Å²) in [5, 5.41) is 0. The minimum absolute atomic E-state index is 0.0709. The summed E-state index contributed by atoms with van der Waals surface area (Å²) in [4.78, 5) is 2.44. The Labute approximate surface area is 417 Å². The van der Waals surface area contributed by atoms with Crippen LogP contribution in [0.25, 0.3) is 66.8 Å². The zero-order valence-corrected chi connectivity index (χ0v) is 39.9. The molecule has 0 saturated heterocycles. The number of hydrogen-bond donors (Lipinski definition) is 0. The number of fused-ring (bicyclic) bond motifs is 6. The van der Waals surface area contributed by atoms with Crippen molar-refractivity contribution in [1.82, 2.24) is 0 Å². The molecule has 2 aliphatic carbocycles. The van der Waals surface area contributed by atoms with Crippen LogP contribution in [0.3, 0.4) is 0 Å². The Morgan fingerprint density at radius 2 is 0.662 bits per heavy atom. The van der Waals surface area contributed by atoms with E-state index in [1.807, 2.05) is 0 Å². The number of benzene rings is 11. The first-order valence-corrected chi connectivity index (χ1v) is 24.8. The van der Waals surface area contributed by atoms with Crippen LogP contribution in [0, 0.1) is 0 Å². The van der Waals surface area contributed by atoms with Crippen molar-refractivity contribution < 1.29 is 0 Å². The highest BCUT2D eigenvalue weighted by Crippen LogP contribution is 2.59. The van der Waals surface area contributed by atoms with Crippen molar-refractivity contribution in [3.05, 3.63) is 306 Å². The molecule has 0 N–H and O–H groups in total. The molecule has 0 heterocycles. The summed E-state index contributed by atoms with van der Waals surface area (Å²) < 4.78 is 0. The summed E-state index contributed by atoms with van der Waals surface area (Å²) in [6, 6.07) is 101. The molecule has 0 saturated carbocycles. The van der Waals surface area contributed by atoms with Crippen molar-refractivity contribution in [2.75, 3.05) is 4.90 Å². The molecule has 0 spiro atoms. The molecule has 0 radical (unpaired) electrons. The van der Waals surface area contributed by atoms with Gasteiger partial charge in [-0.15, -0.1) is 0 Å². The first kappa shape index (κ1) is 42.3. The lowest BCUT2D eigenvalue weighted by atomic mass is 9.67. The topological polar surface area (TPSA) is 3.24 Å². The summed E-state index contributed by atoms with van der Waals surface area (Å²) >= 11 is 0. The van der Waals surface area contributed by atoms with Crippen LogP contribution in [0.5, 0.6) is 0 Å². The smallest absolute Gasteiger partial charge is 0.0714 e. The maximum atomic E-state index is 2.48. The highest BCUT2D eigenvalue weighted by molar-refractivity contribution is 5.97. The second kappa shape index (κ2) is 17.0. The van der Waals surface area contributed by atoms with Crippen LogP contribution in [0.4, 0.5) is 17.1 Å². The van der Waals surface area contributed by atoms with Gasteiger partial charge in [-0.25, -0.2) is 0 Å². The molecular weight excluding hydrogens is 855 g/mol. The lowest BCUT2D eigenvalue weighted by molar-refractivity contribution is 0.660. The molecule has 0 atom stereocenters. The van der Waals surface area contributed by atoms with Crippen molar-refractivity contribution >= 4 is 17.1 Å². The van der Waals surface area contributed by atoms with Crippen molar-refractivity contribution in [2.24, 2.45) is 0 Å². The fraction of sp³-hybridized carbons (Fsp3) is 0.0571. The lowest BCUT2D eigenvalue weighted by Gasteiger charge is -2.35. The average Bonchev–Trinajstić information content (AvgIpc) is 3.87. The van der Waals surface area contributed by atoms with Gasteiger partial charge < -0.3 is 4.90 Å². The monoisotopic (exact) mass is 905 g/mol. The number of rotatable bonds is 9. The standard InChI is InChI=1S/C70H51N/c1-69(2)64-28-16-15-26-61(64)62-44-38-54(46-66(62)69)52-36-41-58(42-37-52)71(57-39-34-51(35-40-57)50-32-30-49(31-33-50)48-18-7-3-8-19-48)59-43-45-63-67(47-59)70(55-22-11-5-12-23-55,56-24-13-6-14-25-56)65-29-17-27-60(68(63)65)53-20-9-4-10-21-53/h3-47H,1-2H3. The van der Waals surface area contributed by atoms with Gasteiger partial charge in [-0.3, -0.25) is 0 Å². The van der Waals surface area contributed by atoms with Gasteiger partial charge in [0.25, 0.3) is 0 Å². The summed E-state index contributed by atoms with van der Waals surface area (Å²) in [7, 11) is 0. The van der Waals surface area contributed by atoms with Crippen LogP contribution in [-0.2, 0) is 10.8 Å². The Kier molecular flexibility index (Phi) is 10.1. The molecule has 0 fully saturated rings. The van der Waals surface area contributed by atoms with Gasteiger partial charge in [0.2, 0.25) is 0 Å². The number of anilines is 3. The van der Waals surface area contributed by atoms with Gasteiger partial charge in [-0.1, -0.05) is 244 Å². The van der Waals surface area contributed by atoms with E-state index in [1.54, 1.807) is 0 Å². The van der Waals surface area contributed by atoms with Gasteiger partial charge in [0, 0.05) is 22.5 Å². The van der Waals surface area contributed by atoms with Crippen LogP contribution in [0.1, 0.15) is 47.2 Å². The zero-order chi connectivity index (χ0) is 47.5. The summed E-state index contributed by atoms with van der Waals surface area (Å²) in [6.45, 7) is 4.71. The minimum Gasteiger partial charge on any atom is -0.310 e. The van der Waals surface area contributed by atoms with Crippen LogP contribution >= 0.6 is 0 Å². The number of nitrogens with zero attached hydrogens (tertiary/aromatic N) is 1. The predicted molar refractivity (Wildman–Crippen MR) is 298 cm³/mol. The fourth-order valence-corrected chi connectivity index (χ4v) is 11.9. The number of hydrogen-bond acceptors (Lipinski definition) is 1. The molecule has 0 unspecified atom stereocenters. The second-order valence-corrected chi connectivity index (χ2v) is 19.6. The van der Waals surface area contributed by atoms with Gasteiger partial charge in [0.15, 0.2) is 0 Å². The maximum Gasteiger partial charge on any atom is 0.0714 e. The molecule has 71 heavy (non-hydrogen) atoms. The first-order chi connectivity index (χ1) is 35.0. The maximum absolute atomic E-state index is 2.48. The molecular formula is C70H51N. The first-order valence-electron chi connectivity index (χ1n) is 24.8. The van der Waals surface area contributed by atoms with Gasteiger partial charge in [0.1, 0.15) is 0 Å². The SMILES string of the molecule is CC1(C)c2ccccc2-c2ccc(-c3ccc(N(c4ccc(-c5ccc(-c6ccccc6)cc5)cc4)c4ccc5c(c4)C(c4ccccc4)(c4ccccc4)c4cccc(-c6ccccc6)c4-5)cc3)cc21. The third-order valence-electron chi connectivity index (χ3n) is 15.4. The van der Waals surface area contributed by atoms with E-state index in [9.17, 15) is 0 Å². The van der Waals surface area contributed by atoms with Crippen molar-refractivity contribution in [2.45, 2.75) is 24.7 Å². The predicted octanol–water partition coefficient (Wildman–Crippen LogP) is 18.5. The normalized spacial score (nSPS) is 13.4. The molecule has 1 heteroatoms. The van der Waals surface area contributed by atoms with E-state index >= 15 is 0 Å². The van der Waals surface area contributed by atoms with E-state index in [0.29, 0.717) is 0 Å². The van der Waals surface area contributed by atoms with Crippen LogP contribution in [-0.4, -0.2) is 0 Å². The highest BCUT2D eigenvalue weighted by Gasteiger charge is 2.47. The van der Waals surface area contributed by atoms with Crippen LogP contribution in [0.15, 0.2) is 273 Å². The fourth-order valence-electron chi connectivity index (χ4n) is 11.9. The third-order valence-corrected chi connectivity index (χ3v) is 15.4. The molecule has 13 rings (SSSR count). The molecule has 11 aromatic rings. The molecule has 0 amide bonds. The molecule has 336 valence electrons. The van der Waals surface area contributed by atoms with E-state index in [2.05, 4.69) is 292 Å². The van der Waals surface area contributed by atoms with Crippen molar-refractivity contribution in [3.8, 4) is 66.8 Å². The van der Waals surface area contributed by atoms with Gasteiger partial charge in [-0.05, 0) is 143 Å². The quantitative estimate of drug-likeness (QED) is 0.139. The molecule has 2 aliphatic rings. The van der Waals surface area contributed by atoms with Crippen LogP contribution < -0.4 is 4.90 Å². The summed E-state index contributed by atoms with van der Waals surface area (Å²) in [5.74, 6) is 0. The molecule has 0 bridgehead atoms. The van der Waals surface area contributed by atoms with Crippen molar-refractivity contribution in [1.29, 1.82) is 0 Å². The summed E-state index contributed by atoms with van der Waals surface area (Å²) in [5.41, 5.74) is 25.3. The van der Waals surface area contributed by atoms with E-state index < -0.39 is 5.41 Å². The largest absolute Gasteiger partial charge is 0.310 e. The Hall–Kier alpha value is -8.78. The Bertz CT molecular complexity index is 3680. The van der Waals surface area contributed by atoms with Crippen molar-refractivity contribution in [3.63, 3.8) is 0 Å². The van der Waals surface area contributed by atoms with Crippen LogP contribution in [0.2, 0.25) is 0 Å². The van der Waals surface area contributed by atoms with Gasteiger partial charge in [-0.2, -0.15) is 0 Å². The Balaban J connectivity index is 0.974. The Morgan fingerprint density at radius 1 is 0.254 bits per heavy atom. The third kappa shape index (κ3) is 6.91. The van der Waals surface area contributed by atoms with E-state index in [4.69, 9.17) is 0 Å². The van der Waals surface area contributed by atoms with Gasteiger partial charge in [0.05, 0.1) is 5.41 Å². The molecule has 0 aromatic heterocycles. The highest BCUT2D eigenvalue weighted by atomic mass is 15.1. The average molecular weight is 906 g/mol. The van der Waals surface area contributed by atoms with E-state index in [0.717, 1.165) is 17.1 Å². The molecule has 1 nitrogen and oxygen atoms in total. The van der Waals surface area contributed by atoms with E-state index in [-0.39, 0.29) is 5.41 Å². The zero-order valence-electron chi connectivity index (χ0n) is 39.9. The van der Waals surface area contributed by atoms with Gasteiger partial charge >= 0.3 is 0 Å². The molecule has 0 aliphatic heterocycles. The second-order valence-electron chi connectivity index (χ2n) is 19.6. The molecule has 11 aromatic carbocycles. The lowest BCUT2D eigenvalue weighted by Crippen LogP contribution is -2.28.